The average Bonchev–Trinajstić information content (AvgIpc) is 3.22. The van der Waals surface area contributed by atoms with Crippen LogP contribution >= 0.6 is 0 Å². The molecule has 4 aromatic rings. The number of hydrogen-bond acceptors (Lipinski definition) is 3. The molecule has 1 N–H and O–H groups in total. The van der Waals surface area contributed by atoms with Crippen molar-refractivity contribution in [3.05, 3.63) is 84.2 Å². The minimum atomic E-state index is -0.234. The lowest BCUT2D eigenvalue weighted by atomic mass is 9.91. The average molecular weight is 386 g/mol. The highest BCUT2D eigenvalue weighted by molar-refractivity contribution is 5.79. The lowest BCUT2D eigenvalue weighted by Gasteiger charge is -2.33. The molecule has 0 bridgehead atoms. The summed E-state index contributed by atoms with van der Waals surface area (Å²) in [6, 6.07) is 15.3. The normalized spacial score (nSPS) is 17.6. The van der Waals surface area contributed by atoms with E-state index in [1.165, 1.54) is 28.6 Å². The molecule has 29 heavy (non-hydrogen) atoms. The fraction of sp³-hybridized carbons (Fsp3) is 0.250. The standard InChI is InChI=1S/C24H23FN4/c25-21-6-4-18(5-7-21)23-24(28-12-11-27-23)20-2-1-13-29(16-20)15-17-3-8-22-19(14-17)9-10-26-22/h3-12,14,20,26H,1-2,13,15-16H2/t20-/m1/s1. The first-order valence-electron chi connectivity index (χ1n) is 10.1. The van der Waals surface area contributed by atoms with E-state index in [1.54, 1.807) is 24.5 Å². The van der Waals surface area contributed by atoms with Crippen LogP contribution in [0.3, 0.4) is 0 Å². The van der Waals surface area contributed by atoms with E-state index in [2.05, 4.69) is 44.1 Å². The SMILES string of the molecule is Fc1ccc(-c2nccnc2[C@@H]2CCCN(Cc3ccc4[nH]ccc4c3)C2)cc1. The van der Waals surface area contributed by atoms with E-state index in [0.29, 0.717) is 5.92 Å². The molecule has 0 aliphatic carbocycles. The Morgan fingerprint density at radius 1 is 1.03 bits per heavy atom. The van der Waals surface area contributed by atoms with Crippen molar-refractivity contribution in [2.24, 2.45) is 0 Å². The highest BCUT2D eigenvalue weighted by atomic mass is 19.1. The molecule has 4 nitrogen and oxygen atoms in total. The molecule has 2 aromatic heterocycles. The molecule has 0 amide bonds. The summed E-state index contributed by atoms with van der Waals surface area (Å²) in [5.74, 6) is 0.0934. The first-order valence-corrected chi connectivity index (χ1v) is 10.1. The largest absolute Gasteiger partial charge is 0.361 e. The number of hydrogen-bond donors (Lipinski definition) is 1. The van der Waals surface area contributed by atoms with Crippen LogP contribution in [0, 0.1) is 5.82 Å². The van der Waals surface area contributed by atoms with Crippen LogP contribution in [0.4, 0.5) is 4.39 Å². The predicted molar refractivity (Wildman–Crippen MR) is 113 cm³/mol. The summed E-state index contributed by atoms with van der Waals surface area (Å²) in [6.07, 6.45) is 7.70. The minimum Gasteiger partial charge on any atom is -0.361 e. The maximum Gasteiger partial charge on any atom is 0.123 e. The van der Waals surface area contributed by atoms with Gasteiger partial charge in [0, 0.05) is 48.7 Å². The Labute approximate surface area is 169 Å². The summed E-state index contributed by atoms with van der Waals surface area (Å²) in [7, 11) is 0. The molecule has 5 rings (SSSR count). The van der Waals surface area contributed by atoms with E-state index in [0.717, 1.165) is 49.4 Å². The molecule has 2 aromatic carbocycles. The van der Waals surface area contributed by atoms with Gasteiger partial charge in [-0.2, -0.15) is 0 Å². The maximum absolute atomic E-state index is 13.3. The van der Waals surface area contributed by atoms with E-state index in [4.69, 9.17) is 0 Å². The number of halogens is 1. The van der Waals surface area contributed by atoms with Gasteiger partial charge >= 0.3 is 0 Å². The van der Waals surface area contributed by atoms with Gasteiger partial charge in [-0.15, -0.1) is 0 Å². The van der Waals surface area contributed by atoms with E-state index < -0.39 is 0 Å². The predicted octanol–water partition coefficient (Wildman–Crippen LogP) is 5.14. The Bertz CT molecular complexity index is 1120. The van der Waals surface area contributed by atoms with Gasteiger partial charge in [-0.3, -0.25) is 14.9 Å². The second-order valence-corrected chi connectivity index (χ2v) is 7.77. The Morgan fingerprint density at radius 2 is 1.90 bits per heavy atom. The van der Waals surface area contributed by atoms with E-state index in [-0.39, 0.29) is 5.82 Å². The monoisotopic (exact) mass is 386 g/mol. The van der Waals surface area contributed by atoms with Crippen molar-refractivity contribution in [1.82, 2.24) is 19.9 Å². The van der Waals surface area contributed by atoms with Gasteiger partial charge in [-0.1, -0.05) is 6.07 Å². The molecule has 0 saturated carbocycles. The van der Waals surface area contributed by atoms with Crippen LogP contribution < -0.4 is 0 Å². The van der Waals surface area contributed by atoms with Crippen molar-refractivity contribution < 1.29 is 4.39 Å². The van der Waals surface area contributed by atoms with Gasteiger partial charge in [0.05, 0.1) is 11.4 Å². The Balaban J connectivity index is 1.37. The molecule has 0 radical (unpaired) electrons. The first-order chi connectivity index (χ1) is 14.3. The van der Waals surface area contributed by atoms with E-state index in [9.17, 15) is 4.39 Å². The number of H-pyrrole nitrogens is 1. The molecule has 1 atom stereocenters. The van der Waals surface area contributed by atoms with Crippen molar-refractivity contribution in [2.75, 3.05) is 13.1 Å². The number of rotatable bonds is 4. The van der Waals surface area contributed by atoms with Gasteiger partial charge in [0.1, 0.15) is 5.82 Å². The number of benzene rings is 2. The third-order valence-electron chi connectivity index (χ3n) is 5.76. The van der Waals surface area contributed by atoms with Crippen LogP contribution in [0.25, 0.3) is 22.2 Å². The Hall–Kier alpha value is -3.05. The smallest absolute Gasteiger partial charge is 0.123 e. The number of nitrogens with zero attached hydrogens (tertiary/aromatic N) is 3. The molecule has 0 spiro atoms. The first kappa shape index (κ1) is 18.0. The van der Waals surface area contributed by atoms with Crippen LogP contribution in [0.5, 0.6) is 0 Å². The van der Waals surface area contributed by atoms with Crippen LogP contribution in [-0.4, -0.2) is 32.9 Å². The van der Waals surface area contributed by atoms with E-state index >= 15 is 0 Å². The van der Waals surface area contributed by atoms with Gasteiger partial charge in [0.15, 0.2) is 0 Å². The molecule has 1 aliphatic heterocycles. The summed E-state index contributed by atoms with van der Waals surface area (Å²) < 4.78 is 13.3. The summed E-state index contributed by atoms with van der Waals surface area (Å²) in [5.41, 5.74) is 5.31. The number of likely N-dealkylation sites (tertiary alicyclic amines) is 1. The molecule has 1 saturated heterocycles. The molecular formula is C24H23FN4. The van der Waals surface area contributed by atoms with Gasteiger partial charge in [0.2, 0.25) is 0 Å². The van der Waals surface area contributed by atoms with Gasteiger partial charge in [-0.25, -0.2) is 4.39 Å². The lowest BCUT2D eigenvalue weighted by Crippen LogP contribution is -2.34. The van der Waals surface area contributed by atoms with Gasteiger partial charge in [0.25, 0.3) is 0 Å². The zero-order valence-corrected chi connectivity index (χ0v) is 16.2. The second-order valence-electron chi connectivity index (χ2n) is 7.77. The Morgan fingerprint density at radius 3 is 2.79 bits per heavy atom. The van der Waals surface area contributed by atoms with Crippen LogP contribution in [0.1, 0.15) is 30.0 Å². The van der Waals surface area contributed by atoms with Crippen molar-refractivity contribution in [1.29, 1.82) is 0 Å². The quantitative estimate of drug-likeness (QED) is 0.528. The fourth-order valence-corrected chi connectivity index (χ4v) is 4.36. The molecular weight excluding hydrogens is 363 g/mol. The molecule has 0 unspecified atom stereocenters. The highest BCUT2D eigenvalue weighted by Gasteiger charge is 2.25. The molecule has 146 valence electrons. The van der Waals surface area contributed by atoms with Crippen LogP contribution in [0.2, 0.25) is 0 Å². The van der Waals surface area contributed by atoms with E-state index in [1.807, 2.05) is 6.20 Å². The summed E-state index contributed by atoms with van der Waals surface area (Å²) in [6.45, 7) is 2.98. The van der Waals surface area contributed by atoms with Crippen molar-refractivity contribution in [2.45, 2.75) is 25.3 Å². The Kier molecular flexibility index (Phi) is 4.82. The number of piperidine rings is 1. The summed E-state index contributed by atoms with van der Waals surface area (Å²) in [4.78, 5) is 15.0. The van der Waals surface area contributed by atoms with Crippen molar-refractivity contribution in [3.8, 4) is 11.3 Å². The van der Waals surface area contributed by atoms with Gasteiger partial charge < -0.3 is 4.98 Å². The third kappa shape index (κ3) is 3.78. The fourth-order valence-electron chi connectivity index (χ4n) is 4.36. The summed E-state index contributed by atoms with van der Waals surface area (Å²) >= 11 is 0. The minimum absolute atomic E-state index is 0.234. The maximum atomic E-state index is 13.3. The van der Waals surface area contributed by atoms with Crippen LogP contribution in [0.15, 0.2) is 67.1 Å². The molecule has 5 heteroatoms. The van der Waals surface area contributed by atoms with Crippen molar-refractivity contribution in [3.63, 3.8) is 0 Å². The number of aromatic amines is 1. The summed E-state index contributed by atoms with van der Waals surface area (Å²) in [5, 5.41) is 1.25. The zero-order chi connectivity index (χ0) is 19.6. The topological polar surface area (TPSA) is 44.8 Å². The molecule has 3 heterocycles. The van der Waals surface area contributed by atoms with Crippen LogP contribution in [-0.2, 0) is 6.54 Å². The number of fused-ring (bicyclic) bond motifs is 1. The second kappa shape index (κ2) is 7.76. The van der Waals surface area contributed by atoms with Crippen molar-refractivity contribution >= 4 is 10.9 Å². The van der Waals surface area contributed by atoms with Gasteiger partial charge in [-0.05, 0) is 72.8 Å². The third-order valence-corrected chi connectivity index (χ3v) is 5.76. The zero-order valence-electron chi connectivity index (χ0n) is 16.2. The highest BCUT2D eigenvalue weighted by Crippen LogP contribution is 2.32. The molecule has 1 fully saturated rings. The molecule has 1 aliphatic rings. The number of aromatic nitrogens is 3. The number of nitrogens with one attached hydrogen (secondary N) is 1. The lowest BCUT2D eigenvalue weighted by molar-refractivity contribution is 0.198.